The molecule has 8 heteroatoms. The van der Waals surface area contributed by atoms with E-state index in [9.17, 15) is 19.8 Å². The first kappa shape index (κ1) is 19.7. The van der Waals surface area contributed by atoms with Gasteiger partial charge in [0.2, 0.25) is 0 Å². The zero-order valence-electron chi connectivity index (χ0n) is 16.9. The Bertz CT molecular complexity index is 1210. The van der Waals surface area contributed by atoms with Crippen LogP contribution in [0.4, 0.5) is 0 Å². The third kappa shape index (κ3) is 3.35. The fraction of sp³-hybridized carbons (Fsp3) is 0.167. The van der Waals surface area contributed by atoms with Gasteiger partial charge in [-0.2, -0.15) is 0 Å². The number of likely N-dealkylation sites (tertiary alicyclic amines) is 1. The van der Waals surface area contributed by atoms with Crippen LogP contribution in [-0.4, -0.2) is 40.0 Å². The lowest BCUT2D eigenvalue weighted by atomic mass is 9.95. The molecule has 3 heterocycles. The van der Waals surface area contributed by atoms with E-state index in [1.807, 2.05) is 0 Å². The minimum absolute atomic E-state index is 0.0427. The van der Waals surface area contributed by atoms with E-state index in [1.54, 1.807) is 42.5 Å². The van der Waals surface area contributed by atoms with Crippen molar-refractivity contribution >= 4 is 17.4 Å². The van der Waals surface area contributed by atoms with Crippen molar-refractivity contribution in [2.45, 2.75) is 12.6 Å². The molecular weight excluding hydrogens is 414 g/mol. The largest absolute Gasteiger partial charge is 0.508 e. The highest BCUT2D eigenvalue weighted by Crippen LogP contribution is 2.42. The van der Waals surface area contributed by atoms with Gasteiger partial charge in [-0.3, -0.25) is 9.59 Å². The first-order valence-corrected chi connectivity index (χ1v) is 10.0. The molecule has 2 aliphatic heterocycles. The number of nitrogens with zero attached hydrogens (tertiary/aromatic N) is 1. The maximum absolute atomic E-state index is 13.1. The van der Waals surface area contributed by atoms with Gasteiger partial charge < -0.3 is 29.0 Å². The van der Waals surface area contributed by atoms with Gasteiger partial charge in [-0.15, -0.1) is 0 Å². The highest BCUT2D eigenvalue weighted by atomic mass is 16.6. The van der Waals surface area contributed by atoms with Gasteiger partial charge in [0.05, 0.1) is 24.4 Å². The van der Waals surface area contributed by atoms with Gasteiger partial charge in [0.1, 0.15) is 30.5 Å². The number of rotatable bonds is 4. The smallest absolute Gasteiger partial charge is 0.296 e. The fourth-order valence-electron chi connectivity index (χ4n) is 3.96. The van der Waals surface area contributed by atoms with Crippen molar-refractivity contribution in [2.75, 3.05) is 13.2 Å². The van der Waals surface area contributed by atoms with Crippen molar-refractivity contribution in [1.82, 2.24) is 4.90 Å². The van der Waals surface area contributed by atoms with Crippen LogP contribution < -0.4 is 9.47 Å². The Morgan fingerprint density at radius 2 is 1.75 bits per heavy atom. The lowest BCUT2D eigenvalue weighted by molar-refractivity contribution is -0.140. The number of phenols is 1. The topological polar surface area (TPSA) is 109 Å². The Morgan fingerprint density at radius 1 is 1.00 bits per heavy atom. The zero-order valence-corrected chi connectivity index (χ0v) is 16.9. The SMILES string of the molecule is O=C1C(=O)N(Cc2ccco2)C(c2ccc(O)cc2)/C1=C(\O)c1ccc2c(c1)OCCO2. The number of aliphatic hydroxyl groups excluding tert-OH is 1. The number of carbonyl (C=O) groups excluding carboxylic acids is 2. The minimum Gasteiger partial charge on any atom is -0.508 e. The number of Topliss-reactive ketones (excluding diaryl/α,β-unsaturated/α-hetero) is 1. The second-order valence-electron chi connectivity index (χ2n) is 7.46. The van der Waals surface area contributed by atoms with Gasteiger partial charge in [-0.05, 0) is 48.0 Å². The number of ketones is 1. The summed E-state index contributed by atoms with van der Waals surface area (Å²) in [6.45, 7) is 0.844. The molecule has 1 unspecified atom stereocenters. The van der Waals surface area contributed by atoms with E-state index in [4.69, 9.17) is 13.9 Å². The van der Waals surface area contributed by atoms with Gasteiger partial charge >= 0.3 is 0 Å². The molecule has 1 amide bonds. The van der Waals surface area contributed by atoms with E-state index in [-0.39, 0.29) is 23.6 Å². The Kier molecular flexibility index (Phi) is 4.82. The molecule has 2 aromatic carbocycles. The van der Waals surface area contributed by atoms with Crippen molar-refractivity contribution in [1.29, 1.82) is 0 Å². The molecule has 5 rings (SSSR count). The molecule has 1 aromatic heterocycles. The number of fused-ring (bicyclic) bond motifs is 1. The average Bonchev–Trinajstić information content (AvgIpc) is 3.41. The molecule has 1 atom stereocenters. The van der Waals surface area contributed by atoms with Crippen LogP contribution in [0.1, 0.15) is 22.9 Å². The van der Waals surface area contributed by atoms with E-state index >= 15 is 0 Å². The second kappa shape index (κ2) is 7.81. The third-order valence-electron chi connectivity index (χ3n) is 5.47. The van der Waals surface area contributed by atoms with Gasteiger partial charge in [0.25, 0.3) is 11.7 Å². The monoisotopic (exact) mass is 433 g/mol. The molecule has 0 aliphatic carbocycles. The molecule has 0 radical (unpaired) electrons. The van der Waals surface area contributed by atoms with Crippen molar-refractivity contribution in [3.8, 4) is 17.2 Å². The van der Waals surface area contributed by atoms with Crippen molar-refractivity contribution < 1.29 is 33.7 Å². The Hall–Kier alpha value is -4.20. The fourth-order valence-corrected chi connectivity index (χ4v) is 3.96. The molecule has 1 fully saturated rings. The van der Waals surface area contributed by atoms with E-state index in [1.165, 1.54) is 23.3 Å². The molecule has 3 aromatic rings. The van der Waals surface area contributed by atoms with Gasteiger partial charge in [0, 0.05) is 5.56 Å². The number of benzene rings is 2. The number of aromatic hydroxyl groups is 1. The van der Waals surface area contributed by atoms with Crippen LogP contribution in [0.15, 0.2) is 70.9 Å². The number of hydrogen-bond donors (Lipinski definition) is 2. The van der Waals surface area contributed by atoms with E-state index < -0.39 is 17.7 Å². The lowest BCUT2D eigenvalue weighted by Crippen LogP contribution is -2.29. The Morgan fingerprint density at radius 3 is 2.47 bits per heavy atom. The molecule has 0 saturated carbocycles. The standard InChI is InChI=1S/C24H19NO7/c26-16-6-3-14(4-7-16)21-20(23(28)24(29)25(21)13-17-2-1-9-30-17)22(27)15-5-8-18-19(12-15)32-11-10-31-18/h1-9,12,21,26-27H,10-11,13H2/b22-20+. The lowest BCUT2D eigenvalue weighted by Gasteiger charge is -2.24. The number of phenolic OH excluding ortho intramolecular Hbond substituents is 1. The first-order chi connectivity index (χ1) is 15.5. The summed E-state index contributed by atoms with van der Waals surface area (Å²) in [6.07, 6.45) is 1.48. The number of hydrogen-bond acceptors (Lipinski definition) is 7. The predicted octanol–water partition coefficient (Wildman–Crippen LogP) is 3.38. The number of aliphatic hydroxyl groups is 1. The molecule has 2 N–H and O–H groups in total. The summed E-state index contributed by atoms with van der Waals surface area (Å²) >= 11 is 0. The molecule has 8 nitrogen and oxygen atoms in total. The first-order valence-electron chi connectivity index (χ1n) is 10.0. The molecule has 0 spiro atoms. The van der Waals surface area contributed by atoms with Crippen LogP contribution in [0.25, 0.3) is 5.76 Å². The number of furan rings is 1. The van der Waals surface area contributed by atoms with Crippen LogP contribution >= 0.6 is 0 Å². The van der Waals surface area contributed by atoms with Crippen molar-refractivity contribution in [3.63, 3.8) is 0 Å². The molecule has 0 bridgehead atoms. The Labute approximate surface area is 182 Å². The summed E-state index contributed by atoms with van der Waals surface area (Å²) in [5, 5.41) is 20.8. The van der Waals surface area contributed by atoms with Crippen LogP contribution in [0.2, 0.25) is 0 Å². The zero-order chi connectivity index (χ0) is 22.2. The van der Waals surface area contributed by atoms with Gasteiger partial charge in [-0.1, -0.05) is 12.1 Å². The minimum atomic E-state index is -0.867. The Balaban J connectivity index is 1.63. The molecule has 2 aliphatic rings. The quantitative estimate of drug-likeness (QED) is 0.369. The second-order valence-corrected chi connectivity index (χ2v) is 7.46. The summed E-state index contributed by atoms with van der Waals surface area (Å²) in [7, 11) is 0. The highest BCUT2D eigenvalue weighted by Gasteiger charge is 2.46. The maximum atomic E-state index is 13.1. The average molecular weight is 433 g/mol. The van der Waals surface area contributed by atoms with E-state index in [2.05, 4.69) is 0 Å². The summed E-state index contributed by atoms with van der Waals surface area (Å²) in [5.41, 5.74) is 0.839. The predicted molar refractivity (Wildman–Crippen MR) is 112 cm³/mol. The van der Waals surface area contributed by atoms with Gasteiger partial charge in [-0.25, -0.2) is 0 Å². The van der Waals surface area contributed by atoms with Crippen LogP contribution in [0.5, 0.6) is 17.2 Å². The summed E-state index contributed by atoms with van der Waals surface area (Å²) < 4.78 is 16.5. The molecule has 1 saturated heterocycles. The summed E-state index contributed by atoms with van der Waals surface area (Å²) in [5.74, 6) is -0.341. The van der Waals surface area contributed by atoms with Crippen LogP contribution in [0, 0.1) is 0 Å². The van der Waals surface area contributed by atoms with Crippen molar-refractivity contribution in [2.24, 2.45) is 0 Å². The number of ether oxygens (including phenoxy) is 2. The summed E-state index contributed by atoms with van der Waals surface area (Å²) in [6, 6.07) is 13.5. The third-order valence-corrected chi connectivity index (χ3v) is 5.47. The van der Waals surface area contributed by atoms with Crippen molar-refractivity contribution in [3.05, 3.63) is 83.3 Å². The van der Waals surface area contributed by atoms with E-state index in [0.29, 0.717) is 41.6 Å². The van der Waals surface area contributed by atoms with Gasteiger partial charge in [0.15, 0.2) is 11.5 Å². The van der Waals surface area contributed by atoms with E-state index in [0.717, 1.165) is 0 Å². The molecule has 32 heavy (non-hydrogen) atoms. The molecule has 162 valence electrons. The summed E-state index contributed by atoms with van der Waals surface area (Å²) in [4.78, 5) is 27.4. The normalized spacial score (nSPS) is 19.4. The number of amides is 1. The molecular formula is C24H19NO7. The number of carbonyl (C=O) groups is 2. The highest BCUT2D eigenvalue weighted by molar-refractivity contribution is 6.46. The van der Waals surface area contributed by atoms with Crippen LogP contribution in [0.3, 0.4) is 0 Å². The van der Waals surface area contributed by atoms with Crippen LogP contribution in [-0.2, 0) is 16.1 Å². The maximum Gasteiger partial charge on any atom is 0.296 e.